The van der Waals surface area contributed by atoms with Gasteiger partial charge in [0.25, 0.3) is 0 Å². The molecule has 8 heteroatoms. The molecule has 2 atom stereocenters. The monoisotopic (exact) mass is 518 g/mol. The van der Waals surface area contributed by atoms with Crippen LogP contribution >= 0.6 is 11.8 Å². The summed E-state index contributed by atoms with van der Waals surface area (Å²) < 4.78 is 0. The Labute approximate surface area is 222 Å². The van der Waals surface area contributed by atoms with Gasteiger partial charge in [-0.3, -0.25) is 9.59 Å². The van der Waals surface area contributed by atoms with Gasteiger partial charge in [0.05, 0.1) is 5.25 Å². The molecule has 1 aliphatic carbocycles. The Balaban J connectivity index is 1.05. The number of urea groups is 1. The molecule has 6 rings (SSSR count). The minimum atomic E-state index is -0.330. The van der Waals surface area contributed by atoms with Crippen molar-refractivity contribution in [3.8, 4) is 0 Å². The van der Waals surface area contributed by atoms with Gasteiger partial charge in [-0.15, -0.1) is 11.8 Å². The summed E-state index contributed by atoms with van der Waals surface area (Å²) in [6, 6.07) is 18.2. The lowest BCUT2D eigenvalue weighted by molar-refractivity contribution is -0.137. The number of nitrogens with one attached hydrogen (secondary N) is 1. The molecule has 194 valence electrons. The summed E-state index contributed by atoms with van der Waals surface area (Å²) in [6.45, 7) is 2.73. The van der Waals surface area contributed by atoms with E-state index < -0.39 is 0 Å². The summed E-state index contributed by atoms with van der Waals surface area (Å²) in [4.78, 5) is 45.4. The second-order valence-electron chi connectivity index (χ2n) is 10.7. The van der Waals surface area contributed by atoms with Gasteiger partial charge >= 0.3 is 6.03 Å². The molecule has 0 bridgehead atoms. The molecular weight excluding hydrogens is 484 g/mol. The van der Waals surface area contributed by atoms with Crippen LogP contribution in [0.5, 0.6) is 0 Å². The van der Waals surface area contributed by atoms with Crippen molar-refractivity contribution in [2.75, 3.05) is 31.5 Å². The van der Waals surface area contributed by atoms with Gasteiger partial charge in [-0.2, -0.15) is 0 Å². The highest BCUT2D eigenvalue weighted by Crippen LogP contribution is 2.46. The van der Waals surface area contributed by atoms with E-state index in [1.807, 2.05) is 51.1 Å². The fourth-order valence-corrected chi connectivity index (χ4v) is 7.27. The summed E-state index contributed by atoms with van der Waals surface area (Å²) in [7, 11) is 0. The number of thioether (sulfide) groups is 1. The molecule has 3 heterocycles. The molecule has 0 spiro atoms. The molecule has 2 aromatic carbocycles. The zero-order valence-electron chi connectivity index (χ0n) is 21.1. The van der Waals surface area contributed by atoms with Crippen molar-refractivity contribution in [2.45, 2.75) is 55.2 Å². The van der Waals surface area contributed by atoms with Crippen LogP contribution in [-0.2, 0) is 16.0 Å². The van der Waals surface area contributed by atoms with Crippen molar-refractivity contribution < 1.29 is 14.4 Å². The second kappa shape index (κ2) is 10.4. The number of hydrogen-bond donors (Lipinski definition) is 1. The highest BCUT2D eigenvalue weighted by molar-refractivity contribution is 8.01. The number of likely N-dealkylation sites (tertiary alicyclic amines) is 1. The van der Waals surface area contributed by atoms with Gasteiger partial charge in [0.1, 0.15) is 5.37 Å². The predicted molar refractivity (Wildman–Crippen MR) is 145 cm³/mol. The summed E-state index contributed by atoms with van der Waals surface area (Å²) >= 11 is 1.63. The molecule has 4 amide bonds. The van der Waals surface area contributed by atoms with Crippen molar-refractivity contribution >= 4 is 35.3 Å². The van der Waals surface area contributed by atoms with Crippen LogP contribution in [0.2, 0.25) is 0 Å². The third kappa shape index (κ3) is 5.21. The summed E-state index contributed by atoms with van der Waals surface area (Å²) in [5, 5.41) is 2.72. The summed E-state index contributed by atoms with van der Waals surface area (Å²) in [6.07, 6.45) is 4.99. The lowest BCUT2D eigenvalue weighted by Crippen LogP contribution is -2.50. The number of para-hydroxylation sites is 1. The van der Waals surface area contributed by atoms with Gasteiger partial charge in [-0.25, -0.2) is 4.79 Å². The van der Waals surface area contributed by atoms with Crippen molar-refractivity contribution in [1.29, 1.82) is 0 Å². The Bertz CT molecular complexity index is 1160. The molecule has 1 N–H and O–H groups in total. The van der Waals surface area contributed by atoms with Crippen LogP contribution in [0.4, 0.5) is 10.5 Å². The average molecular weight is 519 g/mol. The van der Waals surface area contributed by atoms with E-state index >= 15 is 0 Å². The normalized spacial score (nSPS) is 24.6. The summed E-state index contributed by atoms with van der Waals surface area (Å²) in [5.41, 5.74) is 3.19. The van der Waals surface area contributed by atoms with Crippen LogP contribution in [0.25, 0.3) is 0 Å². The number of hydrogen-bond acceptors (Lipinski definition) is 4. The molecule has 7 nitrogen and oxygen atoms in total. The lowest BCUT2D eigenvalue weighted by Gasteiger charge is -2.38. The Morgan fingerprint density at radius 2 is 1.65 bits per heavy atom. The Hall–Kier alpha value is -3.00. The molecular formula is C29H34N4O3S. The number of carbonyl (C=O) groups is 3. The van der Waals surface area contributed by atoms with Crippen LogP contribution in [0.15, 0.2) is 54.6 Å². The molecule has 3 aliphatic heterocycles. The molecule has 2 unspecified atom stereocenters. The van der Waals surface area contributed by atoms with Gasteiger partial charge in [-0.1, -0.05) is 48.5 Å². The van der Waals surface area contributed by atoms with Crippen molar-refractivity contribution in [3.05, 3.63) is 65.7 Å². The highest BCUT2D eigenvalue weighted by Gasteiger charge is 2.44. The maximum Gasteiger partial charge on any atom is 0.322 e. The van der Waals surface area contributed by atoms with Crippen molar-refractivity contribution in [1.82, 2.24) is 14.7 Å². The standard InChI is InChI=1S/C29H34N4O3S/c34-26(18-25-27(35)33(19-20-10-11-20)28(37-25)22-7-2-1-3-8-22)31-15-13-23(14-16-31)32-17-12-21-6-4-5-9-24(21)30-29(32)36/h1-9,20,23,25,28H,10-19H2,(H,30,36). The Morgan fingerprint density at radius 1 is 0.919 bits per heavy atom. The van der Waals surface area contributed by atoms with Gasteiger partial charge in [0.15, 0.2) is 0 Å². The van der Waals surface area contributed by atoms with Gasteiger partial charge < -0.3 is 20.0 Å². The van der Waals surface area contributed by atoms with Crippen LogP contribution in [0.3, 0.4) is 0 Å². The molecule has 3 fully saturated rings. The second-order valence-corrected chi connectivity index (χ2v) is 12.0. The Kier molecular flexibility index (Phi) is 6.84. The van der Waals surface area contributed by atoms with E-state index in [2.05, 4.69) is 23.5 Å². The Morgan fingerprint density at radius 3 is 2.41 bits per heavy atom. The van der Waals surface area contributed by atoms with E-state index in [0.29, 0.717) is 25.6 Å². The number of anilines is 1. The molecule has 1 saturated carbocycles. The van der Waals surface area contributed by atoms with Crippen molar-refractivity contribution in [2.24, 2.45) is 5.92 Å². The van der Waals surface area contributed by atoms with Crippen molar-refractivity contribution in [3.63, 3.8) is 0 Å². The molecule has 0 aromatic heterocycles. The molecule has 0 radical (unpaired) electrons. The summed E-state index contributed by atoms with van der Waals surface area (Å²) in [5.74, 6) is 0.764. The van der Waals surface area contributed by atoms with E-state index in [1.165, 1.54) is 12.8 Å². The van der Waals surface area contributed by atoms with E-state index in [4.69, 9.17) is 0 Å². The maximum absolute atomic E-state index is 13.4. The van der Waals surface area contributed by atoms with Crippen LogP contribution in [-0.4, -0.2) is 70.0 Å². The molecule has 4 aliphatic rings. The highest BCUT2D eigenvalue weighted by atomic mass is 32.2. The fourth-order valence-electron chi connectivity index (χ4n) is 5.82. The number of rotatable bonds is 6. The lowest BCUT2D eigenvalue weighted by atomic mass is 10.0. The average Bonchev–Trinajstić information content (AvgIpc) is 3.72. The van der Waals surface area contributed by atoms with Crippen LogP contribution in [0.1, 0.15) is 48.6 Å². The zero-order chi connectivity index (χ0) is 25.4. The number of carbonyl (C=O) groups excluding carboxylic acids is 3. The number of amides is 4. The molecule has 2 aromatic rings. The van der Waals surface area contributed by atoms with E-state index in [9.17, 15) is 14.4 Å². The fraction of sp³-hybridized carbons (Fsp3) is 0.483. The van der Waals surface area contributed by atoms with E-state index in [-0.39, 0.29) is 40.9 Å². The first-order valence-electron chi connectivity index (χ1n) is 13.5. The molecule has 37 heavy (non-hydrogen) atoms. The smallest absolute Gasteiger partial charge is 0.322 e. The topological polar surface area (TPSA) is 73.0 Å². The number of fused-ring (bicyclic) bond motifs is 1. The largest absolute Gasteiger partial charge is 0.342 e. The number of benzene rings is 2. The first kappa shape index (κ1) is 24.3. The SMILES string of the molecule is O=C(CC1SC(c2ccccc2)N(CC2CC2)C1=O)N1CCC(N2CCc3ccccc3NC2=O)CC1. The quantitative estimate of drug-likeness (QED) is 0.611. The van der Waals surface area contributed by atoms with Gasteiger partial charge in [-0.05, 0) is 55.2 Å². The third-order valence-electron chi connectivity index (χ3n) is 8.13. The van der Waals surface area contributed by atoms with E-state index in [0.717, 1.165) is 42.6 Å². The minimum absolute atomic E-state index is 0.0106. The first-order valence-corrected chi connectivity index (χ1v) is 14.5. The number of nitrogens with zero attached hydrogens (tertiary/aromatic N) is 3. The van der Waals surface area contributed by atoms with Crippen LogP contribution < -0.4 is 5.32 Å². The van der Waals surface area contributed by atoms with E-state index in [1.54, 1.807) is 11.8 Å². The third-order valence-corrected chi connectivity index (χ3v) is 9.61. The minimum Gasteiger partial charge on any atom is -0.342 e. The van der Waals surface area contributed by atoms with Gasteiger partial charge in [0, 0.05) is 44.3 Å². The van der Waals surface area contributed by atoms with Gasteiger partial charge in [0.2, 0.25) is 11.8 Å². The molecule has 2 saturated heterocycles. The predicted octanol–water partition coefficient (Wildman–Crippen LogP) is 4.51. The first-order chi connectivity index (χ1) is 18.1. The maximum atomic E-state index is 13.4. The van der Waals surface area contributed by atoms with Crippen LogP contribution in [0, 0.1) is 5.92 Å². The number of piperidine rings is 1. The zero-order valence-corrected chi connectivity index (χ0v) is 21.9.